The number of methoxy groups -OCH3 is 2. The van der Waals surface area contributed by atoms with Gasteiger partial charge in [-0.15, -0.1) is 0 Å². The first kappa shape index (κ1) is 42.6. The Balaban J connectivity index is 1.48. The second kappa shape index (κ2) is 20.5. The van der Waals surface area contributed by atoms with Crippen LogP contribution in [0.1, 0.15) is 46.2 Å². The van der Waals surface area contributed by atoms with Crippen LogP contribution in [0.25, 0.3) is 11.1 Å². The van der Waals surface area contributed by atoms with Gasteiger partial charge in [-0.2, -0.15) is 0 Å². The molecule has 0 saturated carbocycles. The number of rotatable bonds is 21. The third kappa shape index (κ3) is 11.0. The maximum atomic E-state index is 11.5. The lowest BCUT2D eigenvalue weighted by Crippen LogP contribution is -2.40. The predicted octanol–water partition coefficient (Wildman–Crippen LogP) is 5.53. The molecule has 0 aliphatic heterocycles. The molecule has 292 valence electrons. The highest BCUT2D eigenvalue weighted by atomic mass is 35.5. The van der Waals surface area contributed by atoms with Crippen molar-refractivity contribution in [2.24, 2.45) is 0 Å². The van der Waals surface area contributed by atoms with Crippen LogP contribution in [0.2, 0.25) is 10.0 Å². The third-order valence-electron chi connectivity index (χ3n) is 9.23. The molecule has 14 heteroatoms. The van der Waals surface area contributed by atoms with Crippen molar-refractivity contribution in [3.05, 3.63) is 104 Å². The summed E-state index contributed by atoms with van der Waals surface area (Å²) in [6, 6.07) is 17.2. The summed E-state index contributed by atoms with van der Waals surface area (Å²) in [5.74, 6) is 0.772. The van der Waals surface area contributed by atoms with E-state index in [0.29, 0.717) is 44.2 Å². The standard InChI is InChI=1S/C40H48Cl2N2O10/c1-23-25(21-53-37-17-35(51-3)27(15-31(37)41)19-43-33(11-13-45)39(47)48)7-5-9-29(23)30-10-6-8-26(24(30)2)22-54-38-18-36(52-4)28(16-32(38)42)20-44-34(12-14-46)40(49)50/h5-10,15-18,33-34,39,43-48H,11-14,19-22H2,1-4H3,(H,49,50)/t33-,34-/m0/s1. The molecule has 0 fully saturated rings. The number of carboxylic acids is 1. The smallest absolute Gasteiger partial charge is 0.320 e. The van der Waals surface area contributed by atoms with Crippen molar-refractivity contribution in [2.75, 3.05) is 27.4 Å². The van der Waals surface area contributed by atoms with Crippen molar-refractivity contribution in [3.8, 4) is 34.1 Å². The number of benzene rings is 4. The Morgan fingerprint density at radius 1 is 0.685 bits per heavy atom. The summed E-state index contributed by atoms with van der Waals surface area (Å²) in [5, 5.41) is 53.6. The number of aliphatic hydroxyl groups is 4. The van der Waals surface area contributed by atoms with Gasteiger partial charge in [-0.05, 0) is 72.2 Å². The van der Waals surface area contributed by atoms with Crippen LogP contribution >= 0.6 is 23.2 Å². The fourth-order valence-electron chi connectivity index (χ4n) is 6.02. The molecule has 0 heterocycles. The minimum absolute atomic E-state index is 0.0655. The summed E-state index contributed by atoms with van der Waals surface area (Å²) in [4.78, 5) is 11.5. The lowest BCUT2D eigenvalue weighted by molar-refractivity contribution is -0.140. The summed E-state index contributed by atoms with van der Waals surface area (Å²) in [7, 11) is 3.04. The van der Waals surface area contributed by atoms with Crippen LogP contribution in [0.15, 0.2) is 60.7 Å². The van der Waals surface area contributed by atoms with Crippen molar-refractivity contribution < 1.29 is 49.3 Å². The first-order valence-corrected chi connectivity index (χ1v) is 18.1. The first-order valence-electron chi connectivity index (χ1n) is 17.3. The second-order valence-electron chi connectivity index (χ2n) is 12.6. The maximum Gasteiger partial charge on any atom is 0.320 e. The Labute approximate surface area is 325 Å². The Kier molecular flexibility index (Phi) is 16.2. The molecule has 0 saturated heterocycles. The number of aliphatic carboxylic acids is 1. The number of carbonyl (C=O) groups is 1. The number of aliphatic hydroxyl groups excluding tert-OH is 3. The van der Waals surface area contributed by atoms with Gasteiger partial charge in [-0.3, -0.25) is 4.79 Å². The molecule has 4 aromatic rings. The summed E-state index contributed by atoms with van der Waals surface area (Å²) in [5.41, 5.74) is 7.36. The topological polar surface area (TPSA) is 179 Å². The SMILES string of the molecule is COc1cc(OCc2cccc(-c3cccc(COc4cc(OC)c(CN[C@@H](CCO)C(O)O)cc4Cl)c3C)c2C)c(Cl)cc1CN[C@@H](CCO)C(=O)O. The van der Waals surface area contributed by atoms with Crippen molar-refractivity contribution in [1.29, 1.82) is 0 Å². The van der Waals surface area contributed by atoms with E-state index >= 15 is 0 Å². The number of hydrogen-bond acceptors (Lipinski definition) is 11. The molecule has 0 bridgehead atoms. The van der Waals surface area contributed by atoms with Gasteiger partial charge in [0.1, 0.15) is 42.3 Å². The molecule has 0 aromatic heterocycles. The van der Waals surface area contributed by atoms with Gasteiger partial charge in [-0.25, -0.2) is 0 Å². The van der Waals surface area contributed by atoms with E-state index in [2.05, 4.69) is 22.8 Å². The number of ether oxygens (including phenoxy) is 4. The molecule has 4 aromatic carbocycles. The van der Waals surface area contributed by atoms with E-state index in [0.717, 1.165) is 33.4 Å². The summed E-state index contributed by atoms with van der Waals surface area (Å²) in [6.07, 6.45) is -1.41. The molecule has 0 unspecified atom stereocenters. The fourth-order valence-corrected chi connectivity index (χ4v) is 6.50. The largest absolute Gasteiger partial charge is 0.496 e. The Morgan fingerprint density at radius 2 is 1.15 bits per heavy atom. The van der Waals surface area contributed by atoms with Gasteiger partial charge in [0.15, 0.2) is 6.29 Å². The van der Waals surface area contributed by atoms with E-state index in [9.17, 15) is 30.3 Å². The van der Waals surface area contributed by atoms with E-state index in [4.69, 9.17) is 42.1 Å². The van der Waals surface area contributed by atoms with Crippen molar-refractivity contribution in [1.82, 2.24) is 10.6 Å². The van der Waals surface area contributed by atoms with Gasteiger partial charge in [-0.1, -0.05) is 59.6 Å². The van der Waals surface area contributed by atoms with Crippen LogP contribution in [0, 0.1) is 13.8 Å². The molecule has 12 nitrogen and oxygen atoms in total. The molecular weight excluding hydrogens is 739 g/mol. The van der Waals surface area contributed by atoms with Gasteiger partial charge in [0.05, 0.1) is 30.3 Å². The highest BCUT2D eigenvalue weighted by Gasteiger charge is 2.20. The molecule has 0 aliphatic rings. The van der Waals surface area contributed by atoms with Crippen LogP contribution in [0.5, 0.6) is 23.0 Å². The molecular formula is C40H48Cl2N2O10. The Bertz CT molecular complexity index is 1870. The zero-order valence-electron chi connectivity index (χ0n) is 30.7. The van der Waals surface area contributed by atoms with E-state index in [1.54, 1.807) is 24.3 Å². The average Bonchev–Trinajstić information content (AvgIpc) is 3.15. The van der Waals surface area contributed by atoms with E-state index in [-0.39, 0.29) is 52.4 Å². The number of hydrogen-bond donors (Lipinski definition) is 7. The maximum absolute atomic E-state index is 11.5. The third-order valence-corrected chi connectivity index (χ3v) is 9.82. The minimum atomic E-state index is -1.64. The average molecular weight is 788 g/mol. The van der Waals surface area contributed by atoms with E-state index in [1.165, 1.54) is 14.2 Å². The summed E-state index contributed by atoms with van der Waals surface area (Å²) in [6.45, 7) is 4.48. The van der Waals surface area contributed by atoms with Crippen LogP contribution in [-0.2, 0) is 31.1 Å². The Hall–Kier alpha value is -4.11. The zero-order valence-corrected chi connectivity index (χ0v) is 32.2. The molecule has 7 N–H and O–H groups in total. The van der Waals surface area contributed by atoms with Gasteiger partial charge < -0.3 is 55.1 Å². The monoisotopic (exact) mass is 786 g/mol. The molecule has 0 amide bonds. The van der Waals surface area contributed by atoms with Crippen molar-refractivity contribution >= 4 is 29.2 Å². The number of halogens is 2. The highest BCUT2D eigenvalue weighted by molar-refractivity contribution is 6.32. The van der Waals surface area contributed by atoms with Crippen LogP contribution in [0.3, 0.4) is 0 Å². The fraction of sp³-hybridized carbons (Fsp3) is 0.375. The van der Waals surface area contributed by atoms with Crippen LogP contribution in [0.4, 0.5) is 0 Å². The van der Waals surface area contributed by atoms with Gasteiger partial charge in [0.2, 0.25) is 0 Å². The van der Waals surface area contributed by atoms with Crippen LogP contribution < -0.4 is 29.6 Å². The molecule has 0 aliphatic carbocycles. The van der Waals surface area contributed by atoms with E-state index < -0.39 is 24.3 Å². The molecule has 4 rings (SSSR count). The lowest BCUT2D eigenvalue weighted by atomic mass is 9.92. The van der Waals surface area contributed by atoms with E-state index in [1.807, 2.05) is 38.1 Å². The summed E-state index contributed by atoms with van der Waals surface area (Å²) >= 11 is 13.2. The first-order chi connectivity index (χ1) is 25.9. The predicted molar refractivity (Wildman–Crippen MR) is 207 cm³/mol. The van der Waals surface area contributed by atoms with Crippen LogP contribution in [-0.4, -0.2) is 77.3 Å². The Morgan fingerprint density at radius 3 is 1.56 bits per heavy atom. The van der Waals surface area contributed by atoms with Gasteiger partial charge in [0, 0.05) is 49.6 Å². The second-order valence-corrected chi connectivity index (χ2v) is 13.5. The van der Waals surface area contributed by atoms with Gasteiger partial charge in [0.25, 0.3) is 0 Å². The lowest BCUT2D eigenvalue weighted by Gasteiger charge is -2.21. The number of carboxylic acid groups (broad SMARTS) is 1. The molecule has 2 atom stereocenters. The molecule has 54 heavy (non-hydrogen) atoms. The van der Waals surface area contributed by atoms with Crippen molar-refractivity contribution in [2.45, 2.75) is 71.4 Å². The molecule has 0 spiro atoms. The minimum Gasteiger partial charge on any atom is -0.496 e. The normalized spacial score (nSPS) is 12.4. The van der Waals surface area contributed by atoms with Crippen molar-refractivity contribution in [3.63, 3.8) is 0 Å². The highest BCUT2D eigenvalue weighted by Crippen LogP contribution is 2.37. The number of nitrogens with one attached hydrogen (secondary N) is 2. The zero-order chi connectivity index (χ0) is 39.4. The summed E-state index contributed by atoms with van der Waals surface area (Å²) < 4.78 is 23.5. The van der Waals surface area contributed by atoms with Gasteiger partial charge >= 0.3 is 5.97 Å². The quantitative estimate of drug-likeness (QED) is 0.0527. The molecule has 0 radical (unpaired) electrons.